The van der Waals surface area contributed by atoms with Crippen LogP contribution in [0.4, 0.5) is 5.82 Å². The van der Waals surface area contributed by atoms with E-state index in [0.29, 0.717) is 12.4 Å². The van der Waals surface area contributed by atoms with Crippen LogP contribution in [-0.4, -0.2) is 31.5 Å². The van der Waals surface area contributed by atoms with Gasteiger partial charge in [-0.2, -0.15) is 5.10 Å². The molecule has 2 rings (SSSR count). The van der Waals surface area contributed by atoms with Gasteiger partial charge in [-0.15, -0.1) is 0 Å². The predicted molar refractivity (Wildman–Crippen MR) is 51.3 cm³/mol. The SMILES string of the molecule is Nc1cc(-c2cnc[nH]2)nn1CCO. The molecule has 0 saturated heterocycles. The summed E-state index contributed by atoms with van der Waals surface area (Å²) in [7, 11) is 0. The molecule has 0 radical (unpaired) electrons. The maximum atomic E-state index is 8.75. The van der Waals surface area contributed by atoms with Crippen molar-refractivity contribution in [1.29, 1.82) is 0 Å². The Morgan fingerprint density at radius 2 is 2.43 bits per heavy atom. The second kappa shape index (κ2) is 3.51. The second-order valence-electron chi connectivity index (χ2n) is 2.87. The summed E-state index contributed by atoms with van der Waals surface area (Å²) in [6.07, 6.45) is 3.25. The van der Waals surface area contributed by atoms with E-state index in [1.54, 1.807) is 23.3 Å². The van der Waals surface area contributed by atoms with Crippen LogP contribution >= 0.6 is 0 Å². The van der Waals surface area contributed by atoms with Crippen LogP contribution in [0.3, 0.4) is 0 Å². The summed E-state index contributed by atoms with van der Waals surface area (Å²) in [5.41, 5.74) is 7.23. The Morgan fingerprint density at radius 3 is 3.07 bits per heavy atom. The average Bonchev–Trinajstić information content (AvgIpc) is 2.76. The summed E-state index contributed by atoms with van der Waals surface area (Å²) in [5, 5.41) is 12.9. The van der Waals surface area contributed by atoms with Gasteiger partial charge in [0.15, 0.2) is 0 Å². The molecule has 0 aliphatic heterocycles. The molecule has 2 heterocycles. The van der Waals surface area contributed by atoms with E-state index in [1.165, 1.54) is 0 Å². The third-order valence-electron chi connectivity index (χ3n) is 1.90. The maximum Gasteiger partial charge on any atom is 0.122 e. The van der Waals surface area contributed by atoms with Crippen LogP contribution in [0.25, 0.3) is 11.4 Å². The van der Waals surface area contributed by atoms with Crippen molar-refractivity contribution >= 4 is 5.82 Å². The van der Waals surface area contributed by atoms with Crippen molar-refractivity contribution in [2.75, 3.05) is 12.3 Å². The van der Waals surface area contributed by atoms with Crippen LogP contribution in [0.2, 0.25) is 0 Å². The average molecular weight is 193 g/mol. The lowest BCUT2D eigenvalue weighted by molar-refractivity contribution is 0.270. The Labute approximate surface area is 80.4 Å². The number of hydrogen-bond acceptors (Lipinski definition) is 4. The van der Waals surface area contributed by atoms with Crippen LogP contribution in [0.15, 0.2) is 18.6 Å². The van der Waals surface area contributed by atoms with E-state index in [9.17, 15) is 0 Å². The van der Waals surface area contributed by atoms with Gasteiger partial charge in [-0.3, -0.25) is 0 Å². The lowest BCUT2D eigenvalue weighted by Gasteiger charge is -1.98. The van der Waals surface area contributed by atoms with Crippen LogP contribution in [0, 0.1) is 0 Å². The zero-order valence-corrected chi connectivity index (χ0v) is 7.51. The third-order valence-corrected chi connectivity index (χ3v) is 1.90. The third kappa shape index (κ3) is 1.47. The fourth-order valence-electron chi connectivity index (χ4n) is 1.23. The molecule has 0 aliphatic carbocycles. The summed E-state index contributed by atoms with van der Waals surface area (Å²) in [4.78, 5) is 6.82. The van der Waals surface area contributed by atoms with Gasteiger partial charge in [0.05, 0.1) is 31.4 Å². The number of nitrogen functional groups attached to an aromatic ring is 1. The summed E-state index contributed by atoms with van der Waals surface area (Å²) in [5.74, 6) is 0.531. The minimum Gasteiger partial charge on any atom is -0.394 e. The van der Waals surface area contributed by atoms with Crippen LogP contribution in [0.5, 0.6) is 0 Å². The molecule has 0 bridgehead atoms. The largest absolute Gasteiger partial charge is 0.394 e. The van der Waals surface area contributed by atoms with Crippen molar-refractivity contribution < 1.29 is 5.11 Å². The number of H-pyrrole nitrogens is 1. The number of nitrogens with two attached hydrogens (primary N) is 1. The lowest BCUT2D eigenvalue weighted by Crippen LogP contribution is -2.07. The molecule has 0 aromatic carbocycles. The molecule has 0 saturated carbocycles. The van der Waals surface area contributed by atoms with Gasteiger partial charge in [0, 0.05) is 6.07 Å². The van der Waals surface area contributed by atoms with Gasteiger partial charge < -0.3 is 15.8 Å². The zero-order chi connectivity index (χ0) is 9.97. The predicted octanol–water partition coefficient (Wildman–Crippen LogP) is -0.152. The fraction of sp³-hybridized carbons (Fsp3) is 0.250. The molecule has 0 spiro atoms. The summed E-state index contributed by atoms with van der Waals surface area (Å²) < 4.78 is 1.55. The summed E-state index contributed by atoms with van der Waals surface area (Å²) in [6, 6.07) is 1.74. The number of rotatable bonds is 3. The number of aliphatic hydroxyl groups excluding tert-OH is 1. The Kier molecular flexibility index (Phi) is 2.19. The van der Waals surface area contributed by atoms with Crippen molar-refractivity contribution in [2.24, 2.45) is 0 Å². The van der Waals surface area contributed by atoms with Crippen LogP contribution in [0.1, 0.15) is 0 Å². The highest BCUT2D eigenvalue weighted by Gasteiger charge is 2.06. The van der Waals surface area contributed by atoms with E-state index < -0.39 is 0 Å². The van der Waals surface area contributed by atoms with Gasteiger partial charge in [0.1, 0.15) is 11.5 Å². The first-order valence-electron chi connectivity index (χ1n) is 4.24. The second-order valence-corrected chi connectivity index (χ2v) is 2.87. The number of aliphatic hydroxyl groups is 1. The number of nitrogens with zero attached hydrogens (tertiary/aromatic N) is 3. The highest BCUT2D eigenvalue weighted by molar-refractivity contribution is 5.57. The Balaban J connectivity index is 2.33. The molecule has 4 N–H and O–H groups in total. The van der Waals surface area contributed by atoms with Crippen molar-refractivity contribution in [3.05, 3.63) is 18.6 Å². The molecule has 0 amide bonds. The van der Waals surface area contributed by atoms with Gasteiger partial charge in [-0.1, -0.05) is 0 Å². The molecular formula is C8H11N5O. The molecular weight excluding hydrogens is 182 g/mol. The standard InChI is InChI=1S/C8H11N5O/c9-8-3-6(7-4-10-5-11-7)12-13(8)1-2-14/h3-5,14H,1-2,9H2,(H,10,11). The molecule has 74 valence electrons. The van der Waals surface area contributed by atoms with Crippen molar-refractivity contribution in [3.8, 4) is 11.4 Å². The lowest BCUT2D eigenvalue weighted by atomic mass is 10.3. The van der Waals surface area contributed by atoms with Crippen molar-refractivity contribution in [3.63, 3.8) is 0 Å². The number of nitrogens with one attached hydrogen (secondary N) is 1. The van der Waals surface area contributed by atoms with E-state index in [4.69, 9.17) is 10.8 Å². The molecule has 0 atom stereocenters. The molecule has 14 heavy (non-hydrogen) atoms. The van der Waals surface area contributed by atoms with E-state index in [-0.39, 0.29) is 6.61 Å². The van der Waals surface area contributed by atoms with Gasteiger partial charge in [0.25, 0.3) is 0 Å². The Hall–Kier alpha value is -1.82. The minimum atomic E-state index is 0.0221. The monoisotopic (exact) mass is 193 g/mol. The van der Waals surface area contributed by atoms with E-state index in [1.807, 2.05) is 0 Å². The highest BCUT2D eigenvalue weighted by Crippen LogP contribution is 2.16. The molecule has 0 aliphatic rings. The first-order valence-corrected chi connectivity index (χ1v) is 4.24. The first kappa shape index (κ1) is 8.76. The van der Waals surface area contributed by atoms with Gasteiger partial charge in [-0.25, -0.2) is 9.67 Å². The van der Waals surface area contributed by atoms with Crippen LogP contribution in [-0.2, 0) is 6.54 Å². The van der Waals surface area contributed by atoms with Gasteiger partial charge >= 0.3 is 0 Å². The van der Waals surface area contributed by atoms with Crippen molar-refractivity contribution in [2.45, 2.75) is 6.54 Å². The molecule has 6 nitrogen and oxygen atoms in total. The number of aromatic amines is 1. The Bertz CT molecular complexity index is 405. The molecule has 6 heteroatoms. The summed E-state index contributed by atoms with van der Waals surface area (Å²) in [6.45, 7) is 0.425. The molecule has 0 fully saturated rings. The molecule has 2 aromatic heterocycles. The quantitative estimate of drug-likeness (QED) is 0.631. The summed E-state index contributed by atoms with van der Waals surface area (Å²) >= 11 is 0. The smallest absolute Gasteiger partial charge is 0.122 e. The number of imidazole rings is 1. The zero-order valence-electron chi connectivity index (χ0n) is 7.51. The maximum absolute atomic E-state index is 8.75. The molecule has 2 aromatic rings. The Morgan fingerprint density at radius 1 is 1.57 bits per heavy atom. The number of aromatic nitrogens is 4. The van der Waals surface area contributed by atoms with Gasteiger partial charge in [0.2, 0.25) is 0 Å². The minimum absolute atomic E-state index is 0.0221. The van der Waals surface area contributed by atoms with E-state index in [2.05, 4.69) is 15.1 Å². The van der Waals surface area contributed by atoms with E-state index in [0.717, 1.165) is 11.4 Å². The fourth-order valence-corrected chi connectivity index (χ4v) is 1.23. The highest BCUT2D eigenvalue weighted by atomic mass is 16.3. The first-order chi connectivity index (χ1) is 6.81. The normalized spacial score (nSPS) is 10.6. The van der Waals surface area contributed by atoms with Crippen molar-refractivity contribution in [1.82, 2.24) is 19.7 Å². The topological polar surface area (TPSA) is 92.8 Å². The van der Waals surface area contributed by atoms with Crippen LogP contribution < -0.4 is 5.73 Å². The number of hydrogen-bond donors (Lipinski definition) is 3. The molecule has 0 unspecified atom stereocenters. The van der Waals surface area contributed by atoms with E-state index >= 15 is 0 Å². The number of anilines is 1. The van der Waals surface area contributed by atoms with Gasteiger partial charge in [-0.05, 0) is 0 Å².